The maximum absolute atomic E-state index is 2.24. The van der Waals surface area contributed by atoms with Gasteiger partial charge in [-0.25, -0.2) is 0 Å². The zero-order valence-electron chi connectivity index (χ0n) is 15.0. The smallest absolute Gasteiger partial charge is 0.132 e. The van der Waals surface area contributed by atoms with E-state index in [1.807, 2.05) is 0 Å². The highest BCUT2D eigenvalue weighted by molar-refractivity contribution is 5.46. The molecule has 23 heavy (non-hydrogen) atoms. The third-order valence-electron chi connectivity index (χ3n) is 3.83. The van der Waals surface area contributed by atoms with Crippen LogP contribution < -0.4 is 56.9 Å². The van der Waals surface area contributed by atoms with Crippen molar-refractivity contribution in [1.29, 1.82) is 0 Å². The van der Waals surface area contributed by atoms with Gasteiger partial charge in [-0.3, -0.25) is 8.97 Å². The average Bonchev–Trinajstić information content (AvgIpc) is 2.38. The fourth-order valence-electron chi connectivity index (χ4n) is 2.36. The van der Waals surface area contributed by atoms with E-state index in [2.05, 4.69) is 90.8 Å². The molecule has 0 heterocycles. The maximum Gasteiger partial charge on any atom is 0.132 e. The van der Waals surface area contributed by atoms with Gasteiger partial charge in [-0.1, -0.05) is 24.3 Å². The summed E-state index contributed by atoms with van der Waals surface area (Å²) in [6, 6.07) is 17.9. The predicted molar refractivity (Wildman–Crippen MR) is 94.8 cm³/mol. The Morgan fingerprint density at radius 2 is 0.783 bits per heavy atom. The Hall–Kier alpha value is -0.180. The number of rotatable bonds is 4. The van der Waals surface area contributed by atoms with Crippen molar-refractivity contribution in [3.63, 3.8) is 0 Å². The van der Waals surface area contributed by atoms with Crippen molar-refractivity contribution in [2.24, 2.45) is 0 Å². The Bertz CT molecular complexity index is 536. The van der Waals surface area contributed by atoms with Crippen molar-refractivity contribution >= 4 is 11.4 Å². The normalized spacial score (nSPS) is 11.4. The monoisotopic (exact) mass is 538 g/mol. The van der Waals surface area contributed by atoms with Gasteiger partial charge in [0.2, 0.25) is 0 Å². The quantitative estimate of drug-likeness (QED) is 0.303. The van der Waals surface area contributed by atoms with Crippen LogP contribution in [0.2, 0.25) is 0 Å². The summed E-state index contributed by atoms with van der Waals surface area (Å²) in [7, 11) is 13.2. The lowest BCUT2D eigenvalue weighted by molar-refractivity contribution is -0.001000. The lowest BCUT2D eigenvalue weighted by Crippen LogP contribution is -3.00. The summed E-state index contributed by atoms with van der Waals surface area (Å²) < 4.78 is 1.72. The Balaban J connectivity index is 0.00000242. The Labute approximate surface area is 175 Å². The lowest BCUT2D eigenvalue weighted by atomic mass is 10.0. The summed E-state index contributed by atoms with van der Waals surface area (Å²) in [5.41, 5.74) is 5.40. The van der Waals surface area contributed by atoms with Crippen molar-refractivity contribution in [2.45, 2.75) is 6.42 Å². The van der Waals surface area contributed by atoms with Crippen LogP contribution in [0.4, 0.5) is 11.4 Å². The molecule has 0 saturated carbocycles. The molecular weight excluding hydrogens is 510 g/mol. The van der Waals surface area contributed by atoms with Gasteiger partial charge in [-0.2, -0.15) is 0 Å². The molecule has 0 saturated heterocycles. The molecule has 0 spiro atoms. The van der Waals surface area contributed by atoms with Crippen LogP contribution in [-0.2, 0) is 6.42 Å². The highest BCUT2D eigenvalue weighted by Crippen LogP contribution is 2.21. The summed E-state index contributed by atoms with van der Waals surface area (Å²) in [4.78, 5) is 0. The minimum absolute atomic E-state index is 0. The van der Waals surface area contributed by atoms with Gasteiger partial charge < -0.3 is 48.0 Å². The molecule has 0 atom stereocenters. The van der Waals surface area contributed by atoms with E-state index in [4.69, 9.17) is 0 Å². The van der Waals surface area contributed by atoms with E-state index in [-0.39, 0.29) is 48.0 Å². The Morgan fingerprint density at radius 1 is 0.522 bits per heavy atom. The zero-order chi connectivity index (χ0) is 15.7. The number of nitrogens with zero attached hydrogens (tertiary/aromatic N) is 2. The molecule has 0 aliphatic carbocycles. The molecule has 0 N–H and O–H groups in total. The number of halogens is 2. The summed E-state index contributed by atoms with van der Waals surface area (Å²) >= 11 is 0. The fourth-order valence-corrected chi connectivity index (χ4v) is 2.36. The molecular formula is C19H28I2N2. The molecule has 0 aromatic heterocycles. The van der Waals surface area contributed by atoms with Crippen molar-refractivity contribution < 1.29 is 48.0 Å². The highest BCUT2D eigenvalue weighted by atomic mass is 127. The van der Waals surface area contributed by atoms with Gasteiger partial charge in [0.05, 0.1) is 42.3 Å². The number of quaternary nitrogens is 2. The van der Waals surface area contributed by atoms with E-state index in [1.54, 1.807) is 0 Å². The van der Waals surface area contributed by atoms with Gasteiger partial charge in [-0.05, 0) is 41.8 Å². The second-order valence-corrected chi connectivity index (χ2v) is 7.53. The second kappa shape index (κ2) is 8.78. The zero-order valence-corrected chi connectivity index (χ0v) is 19.3. The standard InChI is InChI=1S/C19H28N2.2HI/c1-20(2,3)18-11-7-16(8-12-18)15-17-9-13-19(14-10-17)21(4,5)6;;/h7-14H,15H2,1-6H3;2*1H/q+2;;/p-2. The average molecular weight is 538 g/mol. The molecule has 2 aromatic rings. The minimum atomic E-state index is 0. The molecule has 0 bridgehead atoms. The van der Waals surface area contributed by atoms with E-state index in [0.29, 0.717) is 0 Å². The minimum Gasteiger partial charge on any atom is -1.00 e. The van der Waals surface area contributed by atoms with Gasteiger partial charge in [0.15, 0.2) is 0 Å². The van der Waals surface area contributed by atoms with Gasteiger partial charge in [0.25, 0.3) is 0 Å². The molecule has 128 valence electrons. The molecule has 0 radical (unpaired) electrons. The van der Waals surface area contributed by atoms with Gasteiger partial charge >= 0.3 is 0 Å². The first-order chi connectivity index (χ1) is 9.66. The number of hydrogen-bond acceptors (Lipinski definition) is 0. The van der Waals surface area contributed by atoms with Crippen LogP contribution >= 0.6 is 0 Å². The van der Waals surface area contributed by atoms with Gasteiger partial charge in [-0.15, -0.1) is 0 Å². The van der Waals surface area contributed by atoms with Gasteiger partial charge in [0.1, 0.15) is 11.4 Å². The molecule has 0 amide bonds. The van der Waals surface area contributed by atoms with Crippen LogP contribution in [0.3, 0.4) is 0 Å². The fraction of sp³-hybridized carbons (Fsp3) is 0.368. The van der Waals surface area contributed by atoms with Crippen LogP contribution in [0, 0.1) is 0 Å². The van der Waals surface area contributed by atoms with Crippen LogP contribution in [0.1, 0.15) is 11.1 Å². The third-order valence-corrected chi connectivity index (χ3v) is 3.83. The van der Waals surface area contributed by atoms with Crippen molar-refractivity contribution in [3.8, 4) is 0 Å². The first kappa shape index (κ1) is 22.8. The van der Waals surface area contributed by atoms with E-state index in [0.717, 1.165) is 15.4 Å². The Morgan fingerprint density at radius 3 is 1.00 bits per heavy atom. The van der Waals surface area contributed by atoms with Crippen LogP contribution in [0.25, 0.3) is 0 Å². The highest BCUT2D eigenvalue weighted by Gasteiger charge is 2.12. The largest absolute Gasteiger partial charge is 1.00 e. The van der Waals surface area contributed by atoms with Crippen molar-refractivity contribution in [3.05, 3.63) is 59.7 Å². The van der Waals surface area contributed by atoms with Crippen molar-refractivity contribution in [2.75, 3.05) is 42.3 Å². The summed E-state index contributed by atoms with van der Waals surface area (Å²) in [5.74, 6) is 0. The Kier molecular flexibility index (Phi) is 8.71. The first-order valence-corrected chi connectivity index (χ1v) is 7.48. The summed E-state index contributed by atoms with van der Waals surface area (Å²) in [6.45, 7) is 0. The van der Waals surface area contributed by atoms with Crippen LogP contribution in [-0.4, -0.2) is 42.3 Å². The molecule has 0 aliphatic heterocycles. The second-order valence-electron chi connectivity index (χ2n) is 7.53. The lowest BCUT2D eigenvalue weighted by Gasteiger charge is -2.24. The molecule has 2 aromatic carbocycles. The third kappa shape index (κ3) is 6.68. The molecule has 2 rings (SSSR count). The van der Waals surface area contributed by atoms with Gasteiger partial charge in [0, 0.05) is 0 Å². The topological polar surface area (TPSA) is 0 Å². The predicted octanol–water partition coefficient (Wildman–Crippen LogP) is -2.32. The summed E-state index contributed by atoms with van der Waals surface area (Å²) in [6.07, 6.45) is 0.995. The summed E-state index contributed by atoms with van der Waals surface area (Å²) in [5, 5.41) is 0. The first-order valence-electron chi connectivity index (χ1n) is 7.48. The maximum atomic E-state index is 2.24. The number of benzene rings is 2. The van der Waals surface area contributed by atoms with E-state index in [9.17, 15) is 0 Å². The number of hydrogen-bond donors (Lipinski definition) is 0. The van der Waals surface area contributed by atoms with Crippen LogP contribution in [0.5, 0.6) is 0 Å². The molecule has 4 heteroatoms. The molecule has 2 nitrogen and oxygen atoms in total. The molecule has 0 unspecified atom stereocenters. The van der Waals surface area contributed by atoms with E-state index in [1.165, 1.54) is 22.5 Å². The van der Waals surface area contributed by atoms with Crippen molar-refractivity contribution in [1.82, 2.24) is 8.97 Å². The van der Waals surface area contributed by atoms with Crippen LogP contribution in [0.15, 0.2) is 48.5 Å². The molecule has 0 fully saturated rings. The molecule has 0 aliphatic rings. The van der Waals surface area contributed by atoms with E-state index >= 15 is 0 Å². The SMILES string of the molecule is C[N+](C)(C)c1ccc(Cc2ccc([N+](C)(C)C)cc2)cc1.[I-].[I-]. The van der Waals surface area contributed by atoms with E-state index < -0.39 is 0 Å².